The first-order valence-electron chi connectivity index (χ1n) is 5.85. The molecule has 0 saturated carbocycles. The summed E-state index contributed by atoms with van der Waals surface area (Å²) < 4.78 is 29.3. The van der Waals surface area contributed by atoms with E-state index in [1.807, 2.05) is 0 Å². The van der Waals surface area contributed by atoms with Gasteiger partial charge in [0, 0.05) is 0 Å². The molecule has 8 heteroatoms. The van der Waals surface area contributed by atoms with Gasteiger partial charge in [-0.25, -0.2) is 0 Å². The summed E-state index contributed by atoms with van der Waals surface area (Å²) in [7, 11) is -4.06. The number of rotatable bonds is 4. The van der Waals surface area contributed by atoms with Crippen LogP contribution in [0.15, 0.2) is 47.4 Å². The standard InChI is InChI=1S/C13H12N2O5S/c1-9-4-2-3-5-13(9)21(18,19)20-10-6-7-11(14)12(8-10)15(16)17/h2-8H,14H2,1H3. The number of nitrogens with zero attached hydrogens (tertiary/aromatic N) is 1. The first-order valence-corrected chi connectivity index (χ1v) is 7.26. The fourth-order valence-corrected chi connectivity index (χ4v) is 2.90. The van der Waals surface area contributed by atoms with Crippen molar-refractivity contribution in [1.82, 2.24) is 0 Å². The van der Waals surface area contributed by atoms with Crippen molar-refractivity contribution < 1.29 is 17.5 Å². The zero-order chi connectivity index (χ0) is 15.6. The van der Waals surface area contributed by atoms with E-state index in [-0.39, 0.29) is 16.3 Å². The van der Waals surface area contributed by atoms with Crippen LogP contribution in [0.3, 0.4) is 0 Å². The minimum Gasteiger partial charge on any atom is -0.393 e. The first kappa shape index (κ1) is 14.8. The lowest BCUT2D eigenvalue weighted by Gasteiger charge is -2.09. The summed E-state index contributed by atoms with van der Waals surface area (Å²) in [6.45, 7) is 1.63. The fourth-order valence-electron chi connectivity index (χ4n) is 1.74. The van der Waals surface area contributed by atoms with E-state index in [1.54, 1.807) is 25.1 Å². The van der Waals surface area contributed by atoms with E-state index in [9.17, 15) is 18.5 Å². The molecule has 2 N–H and O–H groups in total. The highest BCUT2D eigenvalue weighted by atomic mass is 32.2. The number of hydrogen-bond donors (Lipinski definition) is 1. The minimum absolute atomic E-state index is 0.00415. The Labute approximate surface area is 121 Å². The van der Waals surface area contributed by atoms with Gasteiger partial charge in [-0.2, -0.15) is 8.42 Å². The molecular formula is C13H12N2O5S. The van der Waals surface area contributed by atoms with Crippen LogP contribution in [-0.4, -0.2) is 13.3 Å². The summed E-state index contributed by atoms with van der Waals surface area (Å²) >= 11 is 0. The number of nitrogen functional groups attached to an aromatic ring is 1. The average molecular weight is 308 g/mol. The molecule has 110 valence electrons. The van der Waals surface area contributed by atoms with E-state index < -0.39 is 20.7 Å². The maximum absolute atomic E-state index is 12.2. The Balaban J connectivity index is 2.40. The van der Waals surface area contributed by atoms with Crippen LogP contribution in [-0.2, 0) is 10.1 Å². The van der Waals surface area contributed by atoms with E-state index in [0.717, 1.165) is 6.07 Å². The molecule has 0 unspecified atom stereocenters. The maximum atomic E-state index is 12.2. The molecule has 0 saturated heterocycles. The molecule has 7 nitrogen and oxygen atoms in total. The van der Waals surface area contributed by atoms with Crippen LogP contribution in [0.5, 0.6) is 5.75 Å². The van der Waals surface area contributed by atoms with Gasteiger partial charge in [-0.15, -0.1) is 0 Å². The van der Waals surface area contributed by atoms with E-state index >= 15 is 0 Å². The molecule has 2 aromatic rings. The number of nitro benzene ring substituents is 1. The lowest BCUT2D eigenvalue weighted by molar-refractivity contribution is -0.383. The molecule has 0 atom stereocenters. The second-order valence-corrected chi connectivity index (χ2v) is 5.80. The number of nitro groups is 1. The normalized spacial score (nSPS) is 11.1. The summed E-state index contributed by atoms with van der Waals surface area (Å²) in [5.74, 6) is -0.167. The Morgan fingerprint density at radius 1 is 1.19 bits per heavy atom. The van der Waals surface area contributed by atoms with Gasteiger partial charge in [-0.1, -0.05) is 18.2 Å². The number of hydrogen-bond acceptors (Lipinski definition) is 6. The molecule has 0 fully saturated rings. The van der Waals surface area contributed by atoms with Gasteiger partial charge in [0.2, 0.25) is 0 Å². The largest absolute Gasteiger partial charge is 0.393 e. The van der Waals surface area contributed by atoms with Gasteiger partial charge >= 0.3 is 10.1 Å². The third-order valence-electron chi connectivity index (χ3n) is 2.77. The van der Waals surface area contributed by atoms with E-state index in [4.69, 9.17) is 9.92 Å². The summed E-state index contributed by atoms with van der Waals surface area (Å²) in [6, 6.07) is 9.75. The molecule has 0 spiro atoms. The maximum Gasteiger partial charge on any atom is 0.339 e. The van der Waals surface area contributed by atoms with E-state index in [1.165, 1.54) is 18.2 Å². The predicted molar refractivity (Wildman–Crippen MR) is 76.5 cm³/mol. The van der Waals surface area contributed by atoms with Crippen molar-refractivity contribution in [3.05, 3.63) is 58.1 Å². The molecule has 0 radical (unpaired) electrons. The van der Waals surface area contributed by atoms with Crippen molar-refractivity contribution in [2.45, 2.75) is 11.8 Å². The van der Waals surface area contributed by atoms with Gasteiger partial charge in [-0.05, 0) is 30.7 Å². The smallest absolute Gasteiger partial charge is 0.339 e. The second kappa shape index (κ2) is 5.41. The van der Waals surface area contributed by atoms with Crippen molar-refractivity contribution in [1.29, 1.82) is 0 Å². The Kier molecular flexibility index (Phi) is 3.81. The van der Waals surface area contributed by atoms with Crippen LogP contribution in [0.25, 0.3) is 0 Å². The van der Waals surface area contributed by atoms with Crippen LogP contribution < -0.4 is 9.92 Å². The van der Waals surface area contributed by atoms with Crippen LogP contribution in [0.1, 0.15) is 5.56 Å². The first-order chi connectivity index (χ1) is 9.81. The third-order valence-corrected chi connectivity index (χ3v) is 4.18. The van der Waals surface area contributed by atoms with Crippen molar-refractivity contribution in [2.75, 3.05) is 5.73 Å². The van der Waals surface area contributed by atoms with Gasteiger partial charge < -0.3 is 9.92 Å². The summed E-state index contributed by atoms with van der Waals surface area (Å²) in [5, 5.41) is 10.8. The van der Waals surface area contributed by atoms with Gasteiger partial charge in [0.05, 0.1) is 11.0 Å². The van der Waals surface area contributed by atoms with Crippen LogP contribution in [0.4, 0.5) is 11.4 Å². The van der Waals surface area contributed by atoms with Crippen molar-refractivity contribution in [2.24, 2.45) is 0 Å². The zero-order valence-corrected chi connectivity index (χ0v) is 11.8. The highest BCUT2D eigenvalue weighted by Gasteiger charge is 2.21. The van der Waals surface area contributed by atoms with Crippen molar-refractivity contribution >= 4 is 21.5 Å². The Hall–Kier alpha value is -2.61. The average Bonchev–Trinajstić information content (AvgIpc) is 2.40. The fraction of sp³-hybridized carbons (Fsp3) is 0.0769. The second-order valence-electron chi connectivity index (χ2n) is 4.28. The van der Waals surface area contributed by atoms with Crippen LogP contribution in [0.2, 0.25) is 0 Å². The molecule has 0 heterocycles. The predicted octanol–water partition coefficient (Wildman–Crippen LogP) is 2.25. The van der Waals surface area contributed by atoms with E-state index in [2.05, 4.69) is 0 Å². The topological polar surface area (TPSA) is 113 Å². The highest BCUT2D eigenvalue weighted by Crippen LogP contribution is 2.28. The number of nitrogens with two attached hydrogens (primary N) is 1. The molecule has 21 heavy (non-hydrogen) atoms. The Morgan fingerprint density at radius 2 is 1.86 bits per heavy atom. The molecule has 2 aromatic carbocycles. The van der Waals surface area contributed by atoms with Gasteiger partial charge in [0.25, 0.3) is 5.69 Å². The molecule has 0 bridgehead atoms. The monoisotopic (exact) mass is 308 g/mol. The van der Waals surface area contributed by atoms with Gasteiger partial charge in [-0.3, -0.25) is 10.1 Å². The molecule has 2 rings (SSSR count). The highest BCUT2D eigenvalue weighted by molar-refractivity contribution is 7.87. The Bertz CT molecular complexity index is 802. The number of aryl methyl sites for hydroxylation is 1. The summed E-state index contributed by atoms with van der Waals surface area (Å²) in [5.41, 5.74) is 5.48. The molecular weight excluding hydrogens is 296 g/mol. The summed E-state index contributed by atoms with van der Waals surface area (Å²) in [6.07, 6.45) is 0. The Morgan fingerprint density at radius 3 is 2.48 bits per heavy atom. The lowest BCUT2D eigenvalue weighted by atomic mass is 10.2. The number of anilines is 1. The third kappa shape index (κ3) is 3.11. The minimum atomic E-state index is -4.06. The van der Waals surface area contributed by atoms with Crippen molar-refractivity contribution in [3.63, 3.8) is 0 Å². The van der Waals surface area contributed by atoms with Crippen molar-refractivity contribution in [3.8, 4) is 5.75 Å². The lowest BCUT2D eigenvalue weighted by Crippen LogP contribution is -2.11. The molecule has 0 aromatic heterocycles. The van der Waals surface area contributed by atoms with Crippen LogP contribution >= 0.6 is 0 Å². The summed E-state index contributed by atoms with van der Waals surface area (Å²) in [4.78, 5) is 10.1. The SMILES string of the molecule is Cc1ccccc1S(=O)(=O)Oc1ccc(N)c([N+](=O)[O-])c1. The number of benzene rings is 2. The molecule has 0 aliphatic rings. The molecule has 0 amide bonds. The van der Waals surface area contributed by atoms with E-state index in [0.29, 0.717) is 5.56 Å². The molecule has 0 aliphatic heterocycles. The quantitative estimate of drug-likeness (QED) is 0.401. The van der Waals surface area contributed by atoms with Crippen LogP contribution in [0, 0.1) is 17.0 Å². The van der Waals surface area contributed by atoms with Gasteiger partial charge in [0.15, 0.2) is 0 Å². The van der Waals surface area contributed by atoms with Gasteiger partial charge in [0.1, 0.15) is 16.3 Å². The zero-order valence-electron chi connectivity index (χ0n) is 11.0. The molecule has 0 aliphatic carbocycles.